The predicted octanol–water partition coefficient (Wildman–Crippen LogP) is 2.93. The second-order valence-electron chi connectivity index (χ2n) is 4.37. The lowest BCUT2D eigenvalue weighted by Crippen LogP contribution is -2.12. The van der Waals surface area contributed by atoms with E-state index < -0.39 is 0 Å². The van der Waals surface area contributed by atoms with E-state index >= 15 is 0 Å². The maximum atomic E-state index is 12.2. The molecule has 0 bridgehead atoms. The Labute approximate surface area is 123 Å². The Morgan fingerprint density at radius 3 is 2.48 bits per heavy atom. The molecule has 0 heterocycles. The van der Waals surface area contributed by atoms with Crippen LogP contribution >= 0.6 is 0 Å². The number of methoxy groups -OCH3 is 1. The molecule has 0 aliphatic rings. The first-order valence-electron chi connectivity index (χ1n) is 6.61. The summed E-state index contributed by atoms with van der Waals surface area (Å²) in [6.45, 7) is 2.41. The monoisotopic (exact) mass is 286 g/mol. The van der Waals surface area contributed by atoms with Gasteiger partial charge >= 0.3 is 0 Å². The van der Waals surface area contributed by atoms with Gasteiger partial charge in [-0.1, -0.05) is 0 Å². The molecule has 0 aliphatic heterocycles. The standard InChI is InChI=1S/C16H18N2O3/c1-3-21-15-9-4-11(10-14(15)17)16(19)18-12-5-7-13(20-2)8-6-12/h4-10H,3,17H2,1-2H3,(H,18,19). The van der Waals surface area contributed by atoms with Gasteiger partial charge in [0.25, 0.3) is 5.91 Å². The maximum Gasteiger partial charge on any atom is 0.255 e. The molecule has 3 N–H and O–H groups in total. The Balaban J connectivity index is 2.10. The van der Waals surface area contributed by atoms with E-state index in [1.54, 1.807) is 49.6 Å². The average Bonchev–Trinajstić information content (AvgIpc) is 2.50. The van der Waals surface area contributed by atoms with Crippen molar-refractivity contribution in [1.82, 2.24) is 0 Å². The van der Waals surface area contributed by atoms with Gasteiger partial charge in [0.15, 0.2) is 0 Å². The van der Waals surface area contributed by atoms with E-state index in [0.717, 1.165) is 5.75 Å². The zero-order chi connectivity index (χ0) is 15.2. The summed E-state index contributed by atoms with van der Waals surface area (Å²) in [5, 5.41) is 2.80. The molecule has 0 aromatic heterocycles. The van der Waals surface area contributed by atoms with Crippen LogP contribution in [0.4, 0.5) is 11.4 Å². The molecule has 21 heavy (non-hydrogen) atoms. The summed E-state index contributed by atoms with van der Waals surface area (Å²) in [5.74, 6) is 1.09. The van der Waals surface area contributed by atoms with Crippen LogP contribution in [0.2, 0.25) is 0 Å². The summed E-state index contributed by atoms with van der Waals surface area (Å²) in [5.41, 5.74) is 7.47. The number of rotatable bonds is 5. The van der Waals surface area contributed by atoms with Gasteiger partial charge in [-0.2, -0.15) is 0 Å². The highest BCUT2D eigenvalue weighted by atomic mass is 16.5. The van der Waals surface area contributed by atoms with Crippen LogP contribution in [0.3, 0.4) is 0 Å². The van der Waals surface area contributed by atoms with Crippen LogP contribution in [0.25, 0.3) is 0 Å². The SMILES string of the molecule is CCOc1ccc(C(=O)Nc2ccc(OC)cc2)cc1N. The van der Waals surface area contributed by atoms with E-state index in [1.807, 2.05) is 6.92 Å². The molecule has 0 fully saturated rings. The van der Waals surface area contributed by atoms with Crippen LogP contribution in [0.5, 0.6) is 11.5 Å². The van der Waals surface area contributed by atoms with Crippen LogP contribution in [-0.4, -0.2) is 19.6 Å². The highest BCUT2D eigenvalue weighted by Gasteiger charge is 2.09. The van der Waals surface area contributed by atoms with Crippen LogP contribution < -0.4 is 20.5 Å². The molecule has 110 valence electrons. The number of amides is 1. The van der Waals surface area contributed by atoms with Gasteiger partial charge in [0.2, 0.25) is 0 Å². The van der Waals surface area contributed by atoms with E-state index in [2.05, 4.69) is 5.32 Å². The van der Waals surface area contributed by atoms with Gasteiger partial charge in [-0.05, 0) is 49.4 Å². The number of anilines is 2. The van der Waals surface area contributed by atoms with E-state index in [4.69, 9.17) is 15.2 Å². The van der Waals surface area contributed by atoms with Crippen molar-refractivity contribution in [3.05, 3.63) is 48.0 Å². The largest absolute Gasteiger partial charge is 0.497 e. The highest BCUT2D eigenvalue weighted by Crippen LogP contribution is 2.23. The third kappa shape index (κ3) is 3.66. The summed E-state index contributed by atoms with van der Waals surface area (Å²) in [6, 6.07) is 12.1. The number of benzene rings is 2. The number of hydrogen-bond donors (Lipinski definition) is 2. The van der Waals surface area contributed by atoms with Crippen LogP contribution in [0.1, 0.15) is 17.3 Å². The number of nitrogen functional groups attached to an aromatic ring is 1. The lowest BCUT2D eigenvalue weighted by Gasteiger charge is -2.09. The van der Waals surface area contributed by atoms with Gasteiger partial charge in [0.05, 0.1) is 19.4 Å². The predicted molar refractivity (Wildman–Crippen MR) is 83.0 cm³/mol. The van der Waals surface area contributed by atoms with E-state index in [0.29, 0.717) is 29.3 Å². The van der Waals surface area contributed by atoms with E-state index in [1.165, 1.54) is 0 Å². The first-order chi connectivity index (χ1) is 10.1. The Morgan fingerprint density at radius 2 is 1.90 bits per heavy atom. The minimum absolute atomic E-state index is 0.227. The summed E-state index contributed by atoms with van der Waals surface area (Å²) < 4.78 is 10.4. The number of ether oxygens (including phenoxy) is 2. The van der Waals surface area contributed by atoms with Crippen molar-refractivity contribution >= 4 is 17.3 Å². The fraction of sp³-hybridized carbons (Fsp3) is 0.188. The smallest absolute Gasteiger partial charge is 0.255 e. The second-order valence-corrected chi connectivity index (χ2v) is 4.37. The van der Waals surface area contributed by atoms with Crippen LogP contribution in [0, 0.1) is 0 Å². The third-order valence-corrected chi connectivity index (χ3v) is 2.92. The molecule has 1 amide bonds. The molecule has 0 radical (unpaired) electrons. The molecular weight excluding hydrogens is 268 g/mol. The number of nitrogens with two attached hydrogens (primary N) is 1. The quantitative estimate of drug-likeness (QED) is 0.829. The van der Waals surface area contributed by atoms with Crippen LogP contribution in [0.15, 0.2) is 42.5 Å². The molecule has 2 aromatic rings. The Kier molecular flexibility index (Phi) is 4.66. The van der Waals surface area contributed by atoms with Gasteiger partial charge < -0.3 is 20.5 Å². The van der Waals surface area contributed by atoms with Gasteiger partial charge in [-0.25, -0.2) is 0 Å². The highest BCUT2D eigenvalue weighted by molar-refractivity contribution is 6.05. The maximum absolute atomic E-state index is 12.2. The molecule has 5 heteroatoms. The first-order valence-corrected chi connectivity index (χ1v) is 6.61. The fourth-order valence-electron chi connectivity index (χ4n) is 1.85. The molecule has 0 spiro atoms. The van der Waals surface area contributed by atoms with Gasteiger partial charge in [-0.15, -0.1) is 0 Å². The molecule has 2 rings (SSSR count). The lowest BCUT2D eigenvalue weighted by molar-refractivity contribution is 0.102. The Bertz CT molecular complexity index is 624. The molecule has 0 unspecified atom stereocenters. The van der Waals surface area contributed by atoms with Crippen molar-refractivity contribution < 1.29 is 14.3 Å². The Morgan fingerprint density at radius 1 is 1.19 bits per heavy atom. The molecular formula is C16H18N2O3. The van der Waals surface area contributed by atoms with Crippen molar-refractivity contribution in [2.45, 2.75) is 6.92 Å². The number of hydrogen-bond acceptors (Lipinski definition) is 4. The summed E-state index contributed by atoms with van der Waals surface area (Å²) in [6.07, 6.45) is 0. The average molecular weight is 286 g/mol. The molecule has 0 atom stereocenters. The lowest BCUT2D eigenvalue weighted by atomic mass is 10.1. The van der Waals surface area contributed by atoms with Crippen molar-refractivity contribution in [3.63, 3.8) is 0 Å². The summed E-state index contributed by atoms with van der Waals surface area (Å²) in [4.78, 5) is 12.2. The van der Waals surface area contributed by atoms with E-state index in [-0.39, 0.29) is 5.91 Å². The molecule has 0 saturated carbocycles. The zero-order valence-electron chi connectivity index (χ0n) is 12.1. The molecule has 0 saturated heterocycles. The topological polar surface area (TPSA) is 73.6 Å². The number of nitrogens with one attached hydrogen (secondary N) is 1. The van der Waals surface area contributed by atoms with Gasteiger partial charge in [0, 0.05) is 11.3 Å². The second kappa shape index (κ2) is 6.65. The normalized spacial score (nSPS) is 10.0. The fourth-order valence-corrected chi connectivity index (χ4v) is 1.85. The van der Waals surface area contributed by atoms with Crippen molar-refractivity contribution in [2.75, 3.05) is 24.8 Å². The molecule has 2 aromatic carbocycles. The minimum atomic E-state index is -0.227. The van der Waals surface area contributed by atoms with Crippen molar-refractivity contribution in [2.24, 2.45) is 0 Å². The summed E-state index contributed by atoms with van der Waals surface area (Å²) >= 11 is 0. The minimum Gasteiger partial charge on any atom is -0.497 e. The van der Waals surface area contributed by atoms with Crippen LogP contribution in [-0.2, 0) is 0 Å². The number of carbonyl (C=O) groups is 1. The van der Waals surface area contributed by atoms with Crippen molar-refractivity contribution in [1.29, 1.82) is 0 Å². The molecule has 0 aliphatic carbocycles. The van der Waals surface area contributed by atoms with Gasteiger partial charge in [0.1, 0.15) is 11.5 Å². The van der Waals surface area contributed by atoms with Crippen molar-refractivity contribution in [3.8, 4) is 11.5 Å². The number of carbonyl (C=O) groups excluding carboxylic acids is 1. The van der Waals surface area contributed by atoms with Gasteiger partial charge in [-0.3, -0.25) is 4.79 Å². The summed E-state index contributed by atoms with van der Waals surface area (Å²) in [7, 11) is 1.59. The first kappa shape index (κ1) is 14.7. The Hall–Kier alpha value is -2.69. The molecule has 5 nitrogen and oxygen atoms in total. The zero-order valence-corrected chi connectivity index (χ0v) is 12.1. The van der Waals surface area contributed by atoms with E-state index in [9.17, 15) is 4.79 Å². The third-order valence-electron chi connectivity index (χ3n) is 2.92.